The number of thioether (sulfide) groups is 1. The first-order valence-electron chi connectivity index (χ1n) is 11.1. The molecule has 3 heterocycles. The van der Waals surface area contributed by atoms with Gasteiger partial charge in [-0.3, -0.25) is 9.78 Å². The Hall–Kier alpha value is -2.72. The Morgan fingerprint density at radius 1 is 1.15 bits per heavy atom. The first-order chi connectivity index (χ1) is 16.1. The number of ether oxygens (including phenoxy) is 1. The monoisotopic (exact) mass is 485 g/mol. The molecule has 0 spiro atoms. The van der Waals surface area contributed by atoms with Crippen molar-refractivity contribution in [1.29, 1.82) is 0 Å². The smallest absolute Gasteiger partial charge is 0.341 e. The van der Waals surface area contributed by atoms with Crippen molar-refractivity contribution in [3.05, 3.63) is 40.5 Å². The number of pyridine rings is 1. The summed E-state index contributed by atoms with van der Waals surface area (Å²) in [5, 5.41) is 12.8. The number of aryl methyl sites for hydroxylation is 1. The van der Waals surface area contributed by atoms with E-state index in [0.29, 0.717) is 22.3 Å². The van der Waals surface area contributed by atoms with Gasteiger partial charge in [0, 0.05) is 29.4 Å². The Balaban J connectivity index is 1.49. The van der Waals surface area contributed by atoms with Gasteiger partial charge in [-0.1, -0.05) is 24.6 Å². The summed E-state index contributed by atoms with van der Waals surface area (Å²) in [5.74, 6) is 0.338. The van der Waals surface area contributed by atoms with Crippen LogP contribution in [-0.2, 0) is 28.9 Å². The SMILES string of the molecule is CCn1c(SCC(=O)Nc2sc3c(c2C(=O)OC)CCCCCC3)nnc1-c1ccncc1. The Labute approximate surface area is 201 Å². The van der Waals surface area contributed by atoms with Crippen LogP contribution in [0.3, 0.4) is 0 Å². The van der Waals surface area contributed by atoms with E-state index in [1.165, 1.54) is 41.5 Å². The molecule has 4 rings (SSSR count). The maximum atomic E-state index is 12.8. The van der Waals surface area contributed by atoms with Crippen molar-refractivity contribution in [2.75, 3.05) is 18.2 Å². The van der Waals surface area contributed by atoms with Crippen molar-refractivity contribution in [1.82, 2.24) is 19.7 Å². The number of hydrogen-bond donors (Lipinski definition) is 1. The minimum absolute atomic E-state index is 0.164. The molecule has 1 aliphatic rings. The number of nitrogens with one attached hydrogen (secondary N) is 1. The van der Waals surface area contributed by atoms with Gasteiger partial charge in [-0.05, 0) is 50.3 Å². The molecule has 0 unspecified atom stereocenters. The zero-order valence-electron chi connectivity index (χ0n) is 18.8. The number of thiophene rings is 1. The molecule has 0 saturated heterocycles. The lowest BCUT2D eigenvalue weighted by molar-refractivity contribution is -0.113. The van der Waals surface area contributed by atoms with Gasteiger partial charge >= 0.3 is 5.97 Å². The number of amides is 1. The quantitative estimate of drug-likeness (QED) is 0.386. The van der Waals surface area contributed by atoms with Gasteiger partial charge in [0.2, 0.25) is 5.91 Å². The number of rotatable bonds is 7. The average molecular weight is 486 g/mol. The van der Waals surface area contributed by atoms with Crippen LogP contribution >= 0.6 is 23.1 Å². The molecular weight excluding hydrogens is 458 g/mol. The van der Waals surface area contributed by atoms with Crippen molar-refractivity contribution < 1.29 is 14.3 Å². The standard InChI is InChI=1S/C23H27N5O3S2/c1-3-28-20(15-10-12-24-13-11-15)26-27-23(28)32-14-18(29)25-21-19(22(30)31-2)16-8-6-4-5-7-9-17(16)33-21/h10-13H,3-9,14H2,1-2H3,(H,25,29). The van der Waals surface area contributed by atoms with Gasteiger partial charge in [0.15, 0.2) is 11.0 Å². The third-order valence-electron chi connectivity index (χ3n) is 5.62. The molecule has 8 nitrogen and oxygen atoms in total. The Morgan fingerprint density at radius 2 is 1.91 bits per heavy atom. The first kappa shape index (κ1) is 23.4. The molecule has 10 heteroatoms. The summed E-state index contributed by atoms with van der Waals surface area (Å²) >= 11 is 2.83. The summed E-state index contributed by atoms with van der Waals surface area (Å²) in [6, 6.07) is 3.77. The zero-order chi connectivity index (χ0) is 23.2. The minimum atomic E-state index is -0.385. The van der Waals surface area contributed by atoms with Gasteiger partial charge in [0.1, 0.15) is 5.00 Å². The number of carbonyl (C=O) groups excluding carboxylic acids is 2. The molecule has 0 saturated carbocycles. The second-order valence-electron chi connectivity index (χ2n) is 7.74. The maximum absolute atomic E-state index is 12.8. The van der Waals surface area contributed by atoms with Crippen LogP contribution in [0, 0.1) is 0 Å². The number of nitrogens with zero attached hydrogens (tertiary/aromatic N) is 4. The summed E-state index contributed by atoms with van der Waals surface area (Å²) in [6.45, 7) is 2.70. The fourth-order valence-corrected chi connectivity index (χ4v) is 6.11. The van der Waals surface area contributed by atoms with Gasteiger partial charge in [-0.25, -0.2) is 4.79 Å². The highest BCUT2D eigenvalue weighted by Gasteiger charge is 2.26. The zero-order valence-corrected chi connectivity index (χ0v) is 20.4. The summed E-state index contributed by atoms with van der Waals surface area (Å²) in [7, 11) is 1.38. The van der Waals surface area contributed by atoms with Crippen molar-refractivity contribution in [2.45, 2.75) is 57.1 Å². The predicted molar refractivity (Wildman–Crippen MR) is 130 cm³/mol. The first-order valence-corrected chi connectivity index (χ1v) is 12.9. The number of carbonyl (C=O) groups is 2. The second-order valence-corrected chi connectivity index (χ2v) is 9.78. The van der Waals surface area contributed by atoms with Gasteiger partial charge in [0.25, 0.3) is 0 Å². The van der Waals surface area contributed by atoms with E-state index >= 15 is 0 Å². The van der Waals surface area contributed by atoms with Gasteiger partial charge in [-0.2, -0.15) is 0 Å². The lowest BCUT2D eigenvalue weighted by Gasteiger charge is -2.11. The molecule has 3 aromatic heterocycles. The number of methoxy groups -OCH3 is 1. The van der Waals surface area contributed by atoms with Crippen LogP contribution < -0.4 is 5.32 Å². The van der Waals surface area contributed by atoms with Crippen LogP contribution in [0.15, 0.2) is 29.7 Å². The minimum Gasteiger partial charge on any atom is -0.465 e. The molecule has 0 aliphatic heterocycles. The number of aromatic nitrogens is 4. The average Bonchev–Trinajstić information content (AvgIpc) is 3.38. The lowest BCUT2D eigenvalue weighted by Crippen LogP contribution is -2.17. The highest BCUT2D eigenvalue weighted by Crippen LogP contribution is 2.37. The number of anilines is 1. The molecule has 1 N–H and O–H groups in total. The predicted octanol–water partition coefficient (Wildman–Crippen LogP) is 4.60. The van der Waals surface area contributed by atoms with E-state index in [0.717, 1.165) is 49.1 Å². The number of hydrogen-bond acceptors (Lipinski definition) is 8. The van der Waals surface area contributed by atoms with E-state index in [4.69, 9.17) is 4.74 Å². The van der Waals surface area contributed by atoms with E-state index < -0.39 is 0 Å². The third-order valence-corrected chi connectivity index (χ3v) is 7.79. The van der Waals surface area contributed by atoms with Crippen molar-refractivity contribution in [3.8, 4) is 11.4 Å². The van der Waals surface area contributed by atoms with E-state index in [-0.39, 0.29) is 17.6 Å². The molecule has 3 aromatic rings. The van der Waals surface area contributed by atoms with Crippen molar-refractivity contribution in [3.63, 3.8) is 0 Å². The topological polar surface area (TPSA) is 99.0 Å². The van der Waals surface area contributed by atoms with Crippen LogP contribution in [-0.4, -0.2) is 44.5 Å². The van der Waals surface area contributed by atoms with Gasteiger partial charge in [-0.15, -0.1) is 21.5 Å². The fourth-order valence-electron chi connectivity index (χ4n) is 4.01. The molecule has 0 atom stereocenters. The molecule has 0 radical (unpaired) electrons. The Bertz CT molecular complexity index is 1130. The van der Waals surface area contributed by atoms with Crippen LogP contribution in [0.5, 0.6) is 0 Å². The normalized spacial score (nSPS) is 13.6. The molecule has 174 valence electrons. The number of fused-ring (bicyclic) bond motifs is 1. The molecule has 1 amide bonds. The largest absolute Gasteiger partial charge is 0.465 e. The highest BCUT2D eigenvalue weighted by molar-refractivity contribution is 7.99. The van der Waals surface area contributed by atoms with E-state index in [9.17, 15) is 9.59 Å². The Morgan fingerprint density at radius 3 is 2.64 bits per heavy atom. The van der Waals surface area contributed by atoms with Crippen LogP contribution in [0.2, 0.25) is 0 Å². The Kier molecular flexibility index (Phi) is 7.77. The lowest BCUT2D eigenvalue weighted by atomic mass is 9.96. The highest BCUT2D eigenvalue weighted by atomic mass is 32.2. The molecule has 1 aliphatic carbocycles. The molecule has 0 aromatic carbocycles. The third kappa shape index (κ3) is 5.27. The molecular formula is C23H27N5O3S2. The maximum Gasteiger partial charge on any atom is 0.341 e. The van der Waals surface area contributed by atoms with E-state index in [1.807, 2.05) is 23.6 Å². The summed E-state index contributed by atoms with van der Waals surface area (Å²) in [4.78, 5) is 30.6. The van der Waals surface area contributed by atoms with Crippen molar-refractivity contribution >= 4 is 40.0 Å². The molecule has 0 bridgehead atoms. The van der Waals surface area contributed by atoms with Gasteiger partial charge in [0.05, 0.1) is 18.4 Å². The second kappa shape index (κ2) is 10.9. The number of esters is 1. The molecule has 0 fully saturated rings. The summed E-state index contributed by atoms with van der Waals surface area (Å²) in [6.07, 6.45) is 9.72. The van der Waals surface area contributed by atoms with Gasteiger partial charge < -0.3 is 14.6 Å². The van der Waals surface area contributed by atoms with Crippen molar-refractivity contribution in [2.24, 2.45) is 0 Å². The fraction of sp³-hybridized carbons (Fsp3) is 0.435. The van der Waals surface area contributed by atoms with Crippen LogP contribution in [0.1, 0.15) is 53.4 Å². The van der Waals surface area contributed by atoms with Crippen LogP contribution in [0.25, 0.3) is 11.4 Å². The van der Waals surface area contributed by atoms with E-state index in [1.54, 1.807) is 12.4 Å². The summed E-state index contributed by atoms with van der Waals surface area (Å²) in [5.41, 5.74) is 2.49. The van der Waals surface area contributed by atoms with E-state index in [2.05, 4.69) is 20.5 Å². The van der Waals surface area contributed by atoms with Crippen LogP contribution in [0.4, 0.5) is 5.00 Å². The molecule has 33 heavy (non-hydrogen) atoms. The summed E-state index contributed by atoms with van der Waals surface area (Å²) < 4.78 is 7.02.